The Bertz CT molecular complexity index is 1970. The highest BCUT2D eigenvalue weighted by atomic mass is 16.5. The van der Waals surface area contributed by atoms with Gasteiger partial charge in [0.1, 0.15) is 17.7 Å². The summed E-state index contributed by atoms with van der Waals surface area (Å²) in [4.78, 5) is 69.6. The molecular weight excluding hydrogens is 685 g/mol. The second-order valence-corrected chi connectivity index (χ2v) is 14.8. The Morgan fingerprint density at radius 1 is 0.852 bits per heavy atom. The molecular formula is C41H48N8O5. The number of ether oxygens (including phenoxy) is 1. The zero-order valence-corrected chi connectivity index (χ0v) is 31.2. The Balaban J connectivity index is 0.938. The van der Waals surface area contributed by atoms with E-state index in [2.05, 4.69) is 37.4 Å². The van der Waals surface area contributed by atoms with E-state index in [0.717, 1.165) is 66.3 Å². The van der Waals surface area contributed by atoms with E-state index in [1.54, 1.807) is 23.4 Å². The number of carbonyl (C=O) groups is 4. The van der Waals surface area contributed by atoms with Gasteiger partial charge in [0.2, 0.25) is 11.8 Å². The maximum absolute atomic E-state index is 13.5. The van der Waals surface area contributed by atoms with Crippen molar-refractivity contribution in [1.29, 1.82) is 0 Å². The minimum Gasteiger partial charge on any atom is -0.453 e. The second-order valence-electron chi connectivity index (χ2n) is 14.8. The van der Waals surface area contributed by atoms with E-state index in [1.165, 1.54) is 7.11 Å². The SMILES string of the molecule is COC(=O)N[C@H](C(=O)N1CCC[C@H]1c1ncc(-c2ccc(-c3ccc(NC(=O)c4ccc(N5CCN(C(=O)C6CC6)C[C@H]5C)nc4)cc3)cc2)[nH]1)C(C)C. The van der Waals surface area contributed by atoms with Gasteiger partial charge in [0.15, 0.2) is 0 Å². The summed E-state index contributed by atoms with van der Waals surface area (Å²) < 4.78 is 4.75. The minimum absolute atomic E-state index is 0.104. The van der Waals surface area contributed by atoms with Gasteiger partial charge in [-0.2, -0.15) is 0 Å². The molecule has 2 aromatic carbocycles. The number of likely N-dealkylation sites (tertiary alicyclic amines) is 1. The molecule has 2 saturated heterocycles. The third kappa shape index (κ3) is 7.95. The summed E-state index contributed by atoms with van der Waals surface area (Å²) in [5, 5.41) is 5.66. The lowest BCUT2D eigenvalue weighted by Crippen LogP contribution is -2.54. The molecule has 3 aliphatic rings. The Morgan fingerprint density at radius 2 is 1.56 bits per heavy atom. The first-order valence-corrected chi connectivity index (χ1v) is 18.8. The highest BCUT2D eigenvalue weighted by Crippen LogP contribution is 2.34. The first-order chi connectivity index (χ1) is 26.1. The molecule has 4 aromatic rings. The van der Waals surface area contributed by atoms with Crippen molar-refractivity contribution in [2.45, 2.75) is 64.6 Å². The summed E-state index contributed by atoms with van der Waals surface area (Å²) in [5.41, 5.74) is 4.99. The molecule has 3 atom stereocenters. The number of rotatable bonds is 10. The molecule has 0 unspecified atom stereocenters. The molecule has 13 heteroatoms. The number of H-pyrrole nitrogens is 1. The van der Waals surface area contributed by atoms with Gasteiger partial charge < -0.3 is 35.1 Å². The van der Waals surface area contributed by atoms with Gasteiger partial charge in [0.25, 0.3) is 5.91 Å². The molecule has 13 nitrogen and oxygen atoms in total. The van der Waals surface area contributed by atoms with Crippen LogP contribution in [0.5, 0.6) is 0 Å². The second kappa shape index (κ2) is 15.7. The summed E-state index contributed by atoms with van der Waals surface area (Å²) in [6.45, 7) is 8.60. The number of alkyl carbamates (subject to hydrolysis) is 1. The summed E-state index contributed by atoms with van der Waals surface area (Å²) >= 11 is 0. The quantitative estimate of drug-likeness (QED) is 0.183. The average Bonchev–Trinajstić information content (AvgIpc) is 3.71. The van der Waals surface area contributed by atoms with Crippen LogP contribution in [0.3, 0.4) is 0 Å². The molecule has 0 radical (unpaired) electrons. The molecule has 4 amide bonds. The Labute approximate surface area is 315 Å². The molecule has 7 rings (SSSR count). The number of benzene rings is 2. The minimum atomic E-state index is -0.687. The number of nitrogens with zero attached hydrogens (tertiary/aromatic N) is 5. The van der Waals surface area contributed by atoms with E-state index in [1.807, 2.05) is 73.3 Å². The van der Waals surface area contributed by atoms with Gasteiger partial charge in [-0.25, -0.2) is 14.8 Å². The molecule has 282 valence electrons. The third-order valence-corrected chi connectivity index (χ3v) is 10.7. The van der Waals surface area contributed by atoms with E-state index >= 15 is 0 Å². The number of aromatic nitrogens is 3. The van der Waals surface area contributed by atoms with Crippen molar-refractivity contribution in [2.75, 3.05) is 43.5 Å². The fourth-order valence-corrected chi connectivity index (χ4v) is 7.41. The number of amides is 4. The smallest absolute Gasteiger partial charge is 0.407 e. The summed E-state index contributed by atoms with van der Waals surface area (Å²) in [6, 6.07) is 18.8. The average molecular weight is 733 g/mol. The summed E-state index contributed by atoms with van der Waals surface area (Å²) in [5.74, 6) is 1.55. The Kier molecular flexibility index (Phi) is 10.7. The van der Waals surface area contributed by atoms with Crippen LogP contribution in [0.1, 0.15) is 68.7 Å². The third-order valence-electron chi connectivity index (χ3n) is 10.7. The molecule has 3 fully saturated rings. The number of anilines is 2. The van der Waals surface area contributed by atoms with E-state index in [4.69, 9.17) is 4.74 Å². The van der Waals surface area contributed by atoms with Crippen molar-refractivity contribution in [2.24, 2.45) is 11.8 Å². The fourth-order valence-electron chi connectivity index (χ4n) is 7.41. The normalized spacial score (nSPS) is 19.1. The molecule has 54 heavy (non-hydrogen) atoms. The van der Waals surface area contributed by atoms with E-state index in [-0.39, 0.29) is 41.6 Å². The van der Waals surface area contributed by atoms with Crippen LogP contribution in [-0.2, 0) is 14.3 Å². The Hall–Kier alpha value is -5.72. The molecule has 4 heterocycles. The molecule has 2 aromatic heterocycles. The van der Waals surface area contributed by atoms with Crippen LogP contribution in [0.2, 0.25) is 0 Å². The lowest BCUT2D eigenvalue weighted by atomic mass is 10.0. The van der Waals surface area contributed by atoms with Gasteiger partial charge in [0, 0.05) is 50.0 Å². The van der Waals surface area contributed by atoms with Crippen LogP contribution >= 0.6 is 0 Å². The monoisotopic (exact) mass is 732 g/mol. The largest absolute Gasteiger partial charge is 0.453 e. The van der Waals surface area contributed by atoms with E-state index < -0.39 is 12.1 Å². The van der Waals surface area contributed by atoms with Crippen LogP contribution in [-0.4, -0.2) is 93.9 Å². The maximum Gasteiger partial charge on any atom is 0.407 e. The van der Waals surface area contributed by atoms with Crippen molar-refractivity contribution in [3.05, 3.63) is 84.4 Å². The number of hydrogen-bond donors (Lipinski definition) is 3. The number of hydrogen-bond acceptors (Lipinski definition) is 8. The maximum atomic E-state index is 13.5. The summed E-state index contributed by atoms with van der Waals surface area (Å²) in [7, 11) is 1.29. The fraction of sp³-hybridized carbons (Fsp3) is 0.415. The number of piperazine rings is 1. The number of carbonyl (C=O) groups excluding carboxylic acids is 4. The first-order valence-electron chi connectivity index (χ1n) is 18.8. The van der Waals surface area contributed by atoms with E-state index in [9.17, 15) is 19.2 Å². The number of methoxy groups -OCH3 is 1. The van der Waals surface area contributed by atoms with Crippen molar-refractivity contribution in [3.63, 3.8) is 0 Å². The zero-order chi connectivity index (χ0) is 37.9. The van der Waals surface area contributed by atoms with Crippen LogP contribution < -0.4 is 15.5 Å². The standard InChI is InChI=1S/C41H48N8O5/c1-25(2)36(46-41(53)54-4)40(52)49-19-5-6-34(49)37-43-23-33(45-37)29-9-7-27(8-10-29)28-13-16-32(17-14-28)44-38(50)31-15-18-35(42-22-31)48-21-20-47(24-26(48)3)39(51)30-11-12-30/h7-10,13-18,22-23,25-26,30,34,36H,5-6,11-12,19-21,24H2,1-4H3,(H,43,45)(H,44,50)(H,46,53)/t26-,34+,36+/m1/s1. The van der Waals surface area contributed by atoms with Crippen LogP contribution in [0, 0.1) is 11.8 Å². The zero-order valence-electron chi connectivity index (χ0n) is 31.2. The Morgan fingerprint density at radius 3 is 2.19 bits per heavy atom. The molecule has 1 saturated carbocycles. The molecule has 2 aliphatic heterocycles. The summed E-state index contributed by atoms with van der Waals surface area (Å²) in [6.07, 6.45) is 6.43. The lowest BCUT2D eigenvalue weighted by Gasteiger charge is -2.40. The van der Waals surface area contributed by atoms with Crippen LogP contribution in [0.15, 0.2) is 73.1 Å². The van der Waals surface area contributed by atoms with Crippen molar-refractivity contribution in [3.8, 4) is 22.4 Å². The first kappa shape index (κ1) is 36.6. The molecule has 0 bridgehead atoms. The number of aromatic amines is 1. The van der Waals surface area contributed by atoms with Crippen LogP contribution in [0.25, 0.3) is 22.4 Å². The number of pyridine rings is 1. The van der Waals surface area contributed by atoms with Gasteiger partial charge in [-0.1, -0.05) is 50.2 Å². The van der Waals surface area contributed by atoms with Crippen molar-refractivity contribution < 1.29 is 23.9 Å². The van der Waals surface area contributed by atoms with Gasteiger partial charge in [-0.05, 0) is 79.5 Å². The van der Waals surface area contributed by atoms with Gasteiger partial charge in [-0.15, -0.1) is 0 Å². The van der Waals surface area contributed by atoms with Crippen molar-refractivity contribution in [1.82, 2.24) is 30.1 Å². The van der Waals surface area contributed by atoms with Gasteiger partial charge >= 0.3 is 6.09 Å². The highest BCUT2D eigenvalue weighted by molar-refractivity contribution is 6.04. The highest BCUT2D eigenvalue weighted by Gasteiger charge is 2.38. The molecule has 3 N–H and O–H groups in total. The topological polar surface area (TPSA) is 153 Å². The lowest BCUT2D eigenvalue weighted by molar-refractivity contribution is -0.135. The number of imidazole rings is 1. The molecule has 1 aliphatic carbocycles. The van der Waals surface area contributed by atoms with Gasteiger partial charge in [0.05, 0.1) is 30.6 Å². The predicted molar refractivity (Wildman–Crippen MR) is 206 cm³/mol. The predicted octanol–water partition coefficient (Wildman–Crippen LogP) is 5.88. The van der Waals surface area contributed by atoms with Gasteiger partial charge in [-0.3, -0.25) is 14.4 Å². The van der Waals surface area contributed by atoms with E-state index in [0.29, 0.717) is 30.9 Å². The van der Waals surface area contributed by atoms with Crippen LogP contribution in [0.4, 0.5) is 16.3 Å². The van der Waals surface area contributed by atoms with Crippen molar-refractivity contribution >= 4 is 35.3 Å². The number of nitrogens with one attached hydrogen (secondary N) is 3. The molecule has 0 spiro atoms.